The standard InChI is InChI=1S/C39H69NO8/c1-3-5-7-9-11-13-14-15-16-17-18-19-20-21-23-25-27-29-35(43)40-32(33(42)28-26-24-22-12-10-8-6-4-2)31-47-39-38(46)37(45)36(44)34(30-41)48-39/h10-13,15-16,26,28,32-34,36-39,41-42,44-46H,3-9,14,17-25,27,29-31H2,1-2H3,(H,40,43)/b12-10+,13-11-,16-15-,28-26+. The molecule has 6 N–H and O–H groups in total. The van der Waals surface area contributed by atoms with E-state index in [0.29, 0.717) is 6.42 Å². The Balaban J connectivity index is 2.41. The molecular formula is C39H69NO8. The molecule has 0 bridgehead atoms. The smallest absolute Gasteiger partial charge is 0.220 e. The Morgan fingerprint density at radius 3 is 1.94 bits per heavy atom. The van der Waals surface area contributed by atoms with Crippen LogP contribution in [-0.2, 0) is 14.3 Å². The Bertz CT molecular complexity index is 889. The van der Waals surface area contributed by atoms with Gasteiger partial charge in [0.25, 0.3) is 0 Å². The first-order chi connectivity index (χ1) is 23.3. The van der Waals surface area contributed by atoms with Crippen LogP contribution in [0.5, 0.6) is 0 Å². The zero-order chi connectivity index (χ0) is 35.2. The molecule has 7 unspecified atom stereocenters. The number of carbonyl (C=O) groups is 1. The minimum absolute atomic E-state index is 0.202. The van der Waals surface area contributed by atoms with Crippen molar-refractivity contribution in [1.29, 1.82) is 0 Å². The van der Waals surface area contributed by atoms with E-state index in [1.807, 2.05) is 6.08 Å². The number of carbonyl (C=O) groups excluding carboxylic acids is 1. The highest BCUT2D eigenvalue weighted by atomic mass is 16.7. The number of aliphatic hydroxyl groups excluding tert-OH is 5. The zero-order valence-corrected chi connectivity index (χ0v) is 30.0. The summed E-state index contributed by atoms with van der Waals surface area (Å²) < 4.78 is 11.1. The van der Waals surface area contributed by atoms with Crippen LogP contribution in [-0.4, -0.2) is 87.5 Å². The lowest BCUT2D eigenvalue weighted by molar-refractivity contribution is -0.302. The molecule has 9 nitrogen and oxygen atoms in total. The minimum atomic E-state index is -1.57. The third kappa shape index (κ3) is 21.3. The van der Waals surface area contributed by atoms with Gasteiger partial charge in [-0.3, -0.25) is 4.79 Å². The summed E-state index contributed by atoms with van der Waals surface area (Å²) in [6, 6.07) is -0.822. The van der Waals surface area contributed by atoms with Crippen LogP contribution in [0.3, 0.4) is 0 Å². The van der Waals surface area contributed by atoms with Gasteiger partial charge in [-0.15, -0.1) is 0 Å². The molecule has 9 heteroatoms. The minimum Gasteiger partial charge on any atom is -0.394 e. The van der Waals surface area contributed by atoms with Crippen molar-refractivity contribution in [2.45, 2.75) is 179 Å². The van der Waals surface area contributed by atoms with Gasteiger partial charge in [0, 0.05) is 6.42 Å². The molecule has 1 aliphatic rings. The number of amides is 1. The van der Waals surface area contributed by atoms with Crippen LogP contribution in [0.4, 0.5) is 0 Å². The fourth-order valence-electron chi connectivity index (χ4n) is 5.48. The van der Waals surface area contributed by atoms with Gasteiger partial charge in [0.15, 0.2) is 6.29 Å². The first-order valence-corrected chi connectivity index (χ1v) is 18.9. The molecule has 1 fully saturated rings. The first kappa shape index (κ1) is 44.2. The zero-order valence-electron chi connectivity index (χ0n) is 30.0. The molecule has 1 aliphatic heterocycles. The second-order valence-electron chi connectivity index (χ2n) is 13.0. The summed E-state index contributed by atoms with van der Waals surface area (Å²) in [7, 11) is 0. The third-order valence-corrected chi connectivity index (χ3v) is 8.63. The van der Waals surface area contributed by atoms with Gasteiger partial charge in [-0.05, 0) is 57.8 Å². The van der Waals surface area contributed by atoms with E-state index in [1.165, 1.54) is 44.9 Å². The van der Waals surface area contributed by atoms with E-state index in [1.54, 1.807) is 6.08 Å². The molecule has 0 aromatic carbocycles. The van der Waals surface area contributed by atoms with Crippen molar-refractivity contribution in [2.75, 3.05) is 13.2 Å². The summed E-state index contributed by atoms with van der Waals surface area (Å²) in [5.41, 5.74) is 0. The summed E-state index contributed by atoms with van der Waals surface area (Å²) >= 11 is 0. The van der Waals surface area contributed by atoms with Crippen LogP contribution < -0.4 is 5.32 Å². The number of rotatable bonds is 29. The third-order valence-electron chi connectivity index (χ3n) is 8.63. The molecule has 7 atom stereocenters. The molecular weight excluding hydrogens is 610 g/mol. The van der Waals surface area contributed by atoms with E-state index in [0.717, 1.165) is 70.6 Å². The highest BCUT2D eigenvalue weighted by Gasteiger charge is 2.44. The molecule has 0 aliphatic carbocycles. The maximum absolute atomic E-state index is 12.8. The Morgan fingerprint density at radius 2 is 1.27 bits per heavy atom. The lowest BCUT2D eigenvalue weighted by atomic mass is 9.99. The molecule has 0 spiro atoms. The highest BCUT2D eigenvalue weighted by Crippen LogP contribution is 2.22. The number of hydrogen-bond acceptors (Lipinski definition) is 8. The molecule has 1 heterocycles. The van der Waals surface area contributed by atoms with Crippen molar-refractivity contribution >= 4 is 5.91 Å². The van der Waals surface area contributed by atoms with Crippen molar-refractivity contribution in [1.82, 2.24) is 5.32 Å². The normalized spacial score (nSPS) is 23.2. The van der Waals surface area contributed by atoms with E-state index in [2.05, 4.69) is 55.6 Å². The highest BCUT2D eigenvalue weighted by molar-refractivity contribution is 5.76. The quantitative estimate of drug-likeness (QED) is 0.0397. The van der Waals surface area contributed by atoms with E-state index < -0.39 is 49.5 Å². The van der Waals surface area contributed by atoms with Crippen LogP contribution >= 0.6 is 0 Å². The number of allylic oxidation sites excluding steroid dienone is 7. The Kier molecular flexibility index (Phi) is 27.6. The van der Waals surface area contributed by atoms with Gasteiger partial charge in [-0.2, -0.15) is 0 Å². The molecule has 1 saturated heterocycles. The number of nitrogens with one attached hydrogen (secondary N) is 1. The number of hydrogen-bond donors (Lipinski definition) is 6. The van der Waals surface area contributed by atoms with Gasteiger partial charge >= 0.3 is 0 Å². The van der Waals surface area contributed by atoms with Gasteiger partial charge in [-0.1, -0.05) is 120 Å². The molecule has 1 amide bonds. The van der Waals surface area contributed by atoms with Crippen LogP contribution in [0, 0.1) is 0 Å². The van der Waals surface area contributed by atoms with Gasteiger partial charge in [-0.25, -0.2) is 0 Å². The van der Waals surface area contributed by atoms with E-state index in [-0.39, 0.29) is 12.5 Å². The van der Waals surface area contributed by atoms with Crippen LogP contribution in [0.1, 0.15) is 136 Å². The van der Waals surface area contributed by atoms with Crippen LogP contribution in [0.2, 0.25) is 0 Å². The first-order valence-electron chi connectivity index (χ1n) is 18.9. The lowest BCUT2D eigenvalue weighted by Crippen LogP contribution is -2.60. The molecule has 0 radical (unpaired) electrons. The van der Waals surface area contributed by atoms with Gasteiger partial charge in [0.2, 0.25) is 5.91 Å². The van der Waals surface area contributed by atoms with Gasteiger partial charge < -0.3 is 40.3 Å². The topological polar surface area (TPSA) is 149 Å². The monoisotopic (exact) mass is 680 g/mol. The maximum Gasteiger partial charge on any atom is 0.220 e. The Morgan fingerprint density at radius 1 is 0.708 bits per heavy atom. The van der Waals surface area contributed by atoms with Gasteiger partial charge in [0.05, 0.1) is 25.4 Å². The Labute approximate surface area is 291 Å². The van der Waals surface area contributed by atoms with Crippen LogP contribution in [0.15, 0.2) is 48.6 Å². The van der Waals surface area contributed by atoms with E-state index in [4.69, 9.17) is 9.47 Å². The lowest BCUT2D eigenvalue weighted by Gasteiger charge is -2.40. The Hall–Kier alpha value is -1.85. The van der Waals surface area contributed by atoms with E-state index >= 15 is 0 Å². The summed E-state index contributed by atoms with van der Waals surface area (Å²) in [5, 5.41) is 53.7. The second-order valence-corrected chi connectivity index (χ2v) is 13.0. The van der Waals surface area contributed by atoms with Gasteiger partial charge in [0.1, 0.15) is 24.4 Å². The molecule has 278 valence electrons. The van der Waals surface area contributed by atoms with Crippen molar-refractivity contribution in [2.24, 2.45) is 0 Å². The average molecular weight is 680 g/mol. The van der Waals surface area contributed by atoms with E-state index in [9.17, 15) is 30.3 Å². The molecule has 0 aromatic heterocycles. The van der Waals surface area contributed by atoms with Crippen molar-refractivity contribution in [3.63, 3.8) is 0 Å². The summed E-state index contributed by atoms with van der Waals surface area (Å²) in [6.07, 6.45) is 28.8. The largest absolute Gasteiger partial charge is 0.394 e. The molecule has 0 saturated carbocycles. The summed E-state index contributed by atoms with van der Waals surface area (Å²) in [6.45, 7) is 3.61. The SMILES string of the molecule is CCCC/C=C/CC/C=C/C(O)C(COC1OC(CO)C(O)C(O)C1O)NC(=O)CCCCCCCCC/C=C\C/C=C\CCCCC. The summed E-state index contributed by atoms with van der Waals surface area (Å²) in [4.78, 5) is 12.8. The second kappa shape index (κ2) is 30.0. The molecule has 48 heavy (non-hydrogen) atoms. The van der Waals surface area contributed by atoms with Crippen molar-refractivity contribution in [3.8, 4) is 0 Å². The van der Waals surface area contributed by atoms with Crippen molar-refractivity contribution in [3.05, 3.63) is 48.6 Å². The number of ether oxygens (including phenoxy) is 2. The van der Waals surface area contributed by atoms with Crippen molar-refractivity contribution < 1.29 is 39.8 Å². The average Bonchev–Trinajstić information content (AvgIpc) is 3.08. The predicted octanol–water partition coefficient (Wildman–Crippen LogP) is 6.33. The molecule has 1 rings (SSSR count). The predicted molar refractivity (Wildman–Crippen MR) is 193 cm³/mol. The number of unbranched alkanes of at least 4 members (excludes halogenated alkanes) is 13. The summed E-state index contributed by atoms with van der Waals surface area (Å²) in [5.74, 6) is -0.202. The number of aliphatic hydroxyl groups is 5. The molecule has 0 aromatic rings. The van der Waals surface area contributed by atoms with Crippen LogP contribution in [0.25, 0.3) is 0 Å². The fraction of sp³-hybridized carbons (Fsp3) is 0.769. The fourth-order valence-corrected chi connectivity index (χ4v) is 5.48. The maximum atomic E-state index is 12.8.